The summed E-state index contributed by atoms with van der Waals surface area (Å²) in [5, 5.41) is 11.3. The van der Waals surface area contributed by atoms with Crippen LogP contribution in [-0.4, -0.2) is 29.9 Å². The zero-order valence-corrected chi connectivity index (χ0v) is 13.4. The third-order valence-electron chi connectivity index (χ3n) is 2.76. The molecule has 6 nitrogen and oxygen atoms in total. The van der Waals surface area contributed by atoms with Gasteiger partial charge in [-0.15, -0.1) is 0 Å². The van der Waals surface area contributed by atoms with Crippen LogP contribution in [0, 0.1) is 0 Å². The highest BCUT2D eigenvalue weighted by molar-refractivity contribution is 5.87. The molecule has 0 aliphatic heterocycles. The lowest BCUT2D eigenvalue weighted by Crippen LogP contribution is -2.27. The molecule has 0 atom stereocenters. The minimum atomic E-state index is -0.810. The van der Waals surface area contributed by atoms with Crippen molar-refractivity contribution in [2.24, 2.45) is 0 Å². The average molecular weight is 309 g/mol. The number of anilines is 1. The largest absolute Gasteiger partial charge is 0.495 e. The molecule has 1 aromatic rings. The maximum atomic E-state index is 11.8. The van der Waals surface area contributed by atoms with Gasteiger partial charge >= 0.3 is 12.1 Å². The Kier molecular flexibility index (Phi) is 6.22. The van der Waals surface area contributed by atoms with E-state index in [4.69, 9.17) is 14.6 Å². The summed E-state index contributed by atoms with van der Waals surface area (Å²) in [6.07, 6.45) is 0.761. The number of benzene rings is 1. The molecule has 0 saturated carbocycles. The standard InChI is InChI=1S/C16H23NO5/c1-16(2,3)22-15(20)17-12-9-8-11(10-13(12)21-4)6-5-7-14(18)19/h8-10H,5-7H2,1-4H3,(H,17,20)(H,18,19). The molecular formula is C16H23NO5. The van der Waals surface area contributed by atoms with Gasteiger partial charge in [0.1, 0.15) is 11.4 Å². The monoisotopic (exact) mass is 309 g/mol. The van der Waals surface area contributed by atoms with E-state index in [1.165, 1.54) is 7.11 Å². The number of hydrogen-bond acceptors (Lipinski definition) is 4. The van der Waals surface area contributed by atoms with Crippen LogP contribution in [0.2, 0.25) is 0 Å². The first kappa shape index (κ1) is 17.8. The topological polar surface area (TPSA) is 84.9 Å². The molecule has 22 heavy (non-hydrogen) atoms. The van der Waals surface area contributed by atoms with Crippen LogP contribution in [0.1, 0.15) is 39.2 Å². The fraction of sp³-hybridized carbons (Fsp3) is 0.500. The van der Waals surface area contributed by atoms with E-state index >= 15 is 0 Å². The van der Waals surface area contributed by atoms with Crippen LogP contribution in [0.3, 0.4) is 0 Å². The van der Waals surface area contributed by atoms with Crippen molar-refractivity contribution in [3.63, 3.8) is 0 Å². The van der Waals surface area contributed by atoms with Crippen LogP contribution in [0.5, 0.6) is 5.75 Å². The SMILES string of the molecule is COc1cc(CCCC(=O)O)ccc1NC(=O)OC(C)(C)C. The van der Waals surface area contributed by atoms with E-state index in [0.717, 1.165) is 5.56 Å². The molecule has 0 aliphatic carbocycles. The minimum absolute atomic E-state index is 0.125. The van der Waals surface area contributed by atoms with E-state index in [2.05, 4.69) is 5.32 Å². The Bertz CT molecular complexity index is 534. The molecule has 0 unspecified atom stereocenters. The van der Waals surface area contributed by atoms with Gasteiger partial charge in [0, 0.05) is 6.42 Å². The molecule has 1 rings (SSSR count). The fourth-order valence-corrected chi connectivity index (χ4v) is 1.85. The Labute approximate surface area is 130 Å². The molecule has 0 fully saturated rings. The van der Waals surface area contributed by atoms with E-state index in [1.54, 1.807) is 32.9 Å². The van der Waals surface area contributed by atoms with Gasteiger partial charge in [0.05, 0.1) is 12.8 Å². The van der Waals surface area contributed by atoms with Gasteiger partial charge in [0.15, 0.2) is 0 Å². The van der Waals surface area contributed by atoms with E-state index in [-0.39, 0.29) is 6.42 Å². The summed E-state index contributed by atoms with van der Waals surface area (Å²) in [4.78, 5) is 22.3. The van der Waals surface area contributed by atoms with Crippen LogP contribution in [0.4, 0.5) is 10.5 Å². The maximum Gasteiger partial charge on any atom is 0.412 e. The summed E-state index contributed by atoms with van der Waals surface area (Å²) in [5.41, 5.74) is 0.889. The number of carbonyl (C=O) groups excluding carboxylic acids is 1. The number of nitrogens with one attached hydrogen (secondary N) is 1. The van der Waals surface area contributed by atoms with Crippen LogP contribution < -0.4 is 10.1 Å². The summed E-state index contributed by atoms with van der Waals surface area (Å²) in [7, 11) is 1.51. The summed E-state index contributed by atoms with van der Waals surface area (Å²) in [6.45, 7) is 5.36. The van der Waals surface area contributed by atoms with Crippen molar-refractivity contribution < 1.29 is 24.2 Å². The summed E-state index contributed by atoms with van der Waals surface area (Å²) in [5.74, 6) is -0.297. The molecule has 0 bridgehead atoms. The predicted molar refractivity (Wildman–Crippen MR) is 83.4 cm³/mol. The van der Waals surface area contributed by atoms with Crippen LogP contribution in [-0.2, 0) is 16.0 Å². The summed E-state index contributed by atoms with van der Waals surface area (Å²) in [6, 6.07) is 5.34. The Balaban J connectivity index is 2.72. The van der Waals surface area contributed by atoms with Crippen molar-refractivity contribution in [1.82, 2.24) is 0 Å². The molecule has 0 aromatic heterocycles. The second-order valence-corrected chi connectivity index (χ2v) is 5.91. The second-order valence-electron chi connectivity index (χ2n) is 5.91. The number of aliphatic carboxylic acids is 1. The molecule has 1 aromatic carbocycles. The van der Waals surface area contributed by atoms with Gasteiger partial charge in [-0.25, -0.2) is 4.79 Å². The quantitative estimate of drug-likeness (QED) is 0.840. The number of ether oxygens (including phenoxy) is 2. The number of carboxylic acid groups (broad SMARTS) is 1. The number of carboxylic acids is 1. The van der Waals surface area contributed by atoms with E-state index in [9.17, 15) is 9.59 Å². The normalized spacial score (nSPS) is 10.9. The number of hydrogen-bond donors (Lipinski definition) is 2. The van der Waals surface area contributed by atoms with Crippen molar-refractivity contribution in [1.29, 1.82) is 0 Å². The Morgan fingerprint density at radius 2 is 1.95 bits per heavy atom. The predicted octanol–water partition coefficient (Wildman–Crippen LogP) is 3.45. The number of carbonyl (C=O) groups is 2. The molecule has 6 heteroatoms. The van der Waals surface area contributed by atoms with E-state index < -0.39 is 17.7 Å². The lowest BCUT2D eigenvalue weighted by molar-refractivity contribution is -0.137. The first-order chi connectivity index (χ1) is 10.2. The summed E-state index contributed by atoms with van der Waals surface area (Å²) >= 11 is 0. The van der Waals surface area contributed by atoms with E-state index in [1.807, 2.05) is 6.07 Å². The fourth-order valence-electron chi connectivity index (χ4n) is 1.85. The highest BCUT2D eigenvalue weighted by Crippen LogP contribution is 2.27. The number of amides is 1. The zero-order valence-electron chi connectivity index (χ0n) is 13.4. The zero-order chi connectivity index (χ0) is 16.8. The lowest BCUT2D eigenvalue weighted by atomic mass is 10.1. The number of aryl methyl sites for hydroxylation is 1. The van der Waals surface area contributed by atoms with Crippen LogP contribution in [0.25, 0.3) is 0 Å². The van der Waals surface area contributed by atoms with Crippen molar-refractivity contribution in [2.45, 2.75) is 45.6 Å². The molecule has 0 spiro atoms. The number of methoxy groups -OCH3 is 1. The van der Waals surface area contributed by atoms with Gasteiger partial charge in [-0.3, -0.25) is 10.1 Å². The second kappa shape index (κ2) is 7.68. The first-order valence-corrected chi connectivity index (χ1v) is 7.10. The van der Waals surface area contributed by atoms with Gasteiger partial charge in [-0.2, -0.15) is 0 Å². The average Bonchev–Trinajstić information content (AvgIpc) is 2.37. The summed E-state index contributed by atoms with van der Waals surface area (Å²) < 4.78 is 10.4. The van der Waals surface area contributed by atoms with Crippen molar-refractivity contribution in [2.75, 3.05) is 12.4 Å². The highest BCUT2D eigenvalue weighted by atomic mass is 16.6. The molecule has 0 heterocycles. The van der Waals surface area contributed by atoms with Crippen LogP contribution in [0.15, 0.2) is 18.2 Å². The van der Waals surface area contributed by atoms with Gasteiger partial charge in [-0.05, 0) is 51.3 Å². The van der Waals surface area contributed by atoms with Gasteiger partial charge < -0.3 is 14.6 Å². The lowest BCUT2D eigenvalue weighted by Gasteiger charge is -2.20. The molecule has 2 N–H and O–H groups in total. The molecule has 1 amide bonds. The van der Waals surface area contributed by atoms with Crippen molar-refractivity contribution in [3.05, 3.63) is 23.8 Å². The Morgan fingerprint density at radius 1 is 1.27 bits per heavy atom. The molecule has 122 valence electrons. The maximum absolute atomic E-state index is 11.8. The Morgan fingerprint density at radius 3 is 2.50 bits per heavy atom. The Hall–Kier alpha value is -2.24. The first-order valence-electron chi connectivity index (χ1n) is 7.10. The molecule has 0 saturated heterocycles. The third-order valence-corrected chi connectivity index (χ3v) is 2.76. The smallest absolute Gasteiger partial charge is 0.412 e. The van der Waals surface area contributed by atoms with E-state index in [0.29, 0.717) is 24.3 Å². The molecular weight excluding hydrogens is 286 g/mol. The minimum Gasteiger partial charge on any atom is -0.495 e. The van der Waals surface area contributed by atoms with Gasteiger partial charge in [-0.1, -0.05) is 6.07 Å². The van der Waals surface area contributed by atoms with Gasteiger partial charge in [0.25, 0.3) is 0 Å². The molecule has 0 aliphatic rings. The van der Waals surface area contributed by atoms with Crippen molar-refractivity contribution in [3.8, 4) is 5.75 Å². The molecule has 0 radical (unpaired) electrons. The number of rotatable bonds is 6. The third kappa shape index (κ3) is 6.47. The van der Waals surface area contributed by atoms with Crippen LogP contribution >= 0.6 is 0 Å². The van der Waals surface area contributed by atoms with Crippen molar-refractivity contribution >= 4 is 17.7 Å². The van der Waals surface area contributed by atoms with Gasteiger partial charge in [0.2, 0.25) is 0 Å². The highest BCUT2D eigenvalue weighted by Gasteiger charge is 2.17.